The third-order valence-corrected chi connectivity index (χ3v) is 4.15. The van der Waals surface area contributed by atoms with Crippen molar-refractivity contribution in [3.05, 3.63) is 47.5 Å². The van der Waals surface area contributed by atoms with Gasteiger partial charge in [0.05, 0.1) is 0 Å². The fourth-order valence-electron chi connectivity index (χ4n) is 3.16. The number of benzene rings is 1. The molecule has 0 saturated carbocycles. The van der Waals surface area contributed by atoms with Crippen LogP contribution < -0.4 is 5.32 Å². The molecule has 0 fully saturated rings. The van der Waals surface area contributed by atoms with Crippen LogP contribution in [0.4, 0.5) is 0 Å². The molecule has 2 aliphatic rings. The minimum absolute atomic E-state index is 0.698. The molecule has 3 rings (SSSR count). The van der Waals surface area contributed by atoms with Crippen molar-refractivity contribution in [2.24, 2.45) is 0 Å². The molecule has 1 N–H and O–H groups in total. The summed E-state index contributed by atoms with van der Waals surface area (Å²) in [5.74, 6) is 0.737. The molecule has 0 amide bonds. The van der Waals surface area contributed by atoms with E-state index >= 15 is 0 Å². The second kappa shape index (κ2) is 5.05. The monoisotopic (exact) mass is 227 g/mol. The van der Waals surface area contributed by atoms with Crippen LogP contribution in [-0.4, -0.2) is 12.6 Å². The Morgan fingerprint density at radius 2 is 1.94 bits per heavy atom. The fraction of sp³-hybridized carbons (Fsp3) is 0.500. The van der Waals surface area contributed by atoms with E-state index < -0.39 is 0 Å². The van der Waals surface area contributed by atoms with Crippen LogP contribution in [0.25, 0.3) is 0 Å². The molecule has 0 heterocycles. The zero-order valence-electron chi connectivity index (χ0n) is 10.4. The highest BCUT2D eigenvalue weighted by molar-refractivity contribution is 5.32. The Labute approximate surface area is 104 Å². The minimum atomic E-state index is 0.698. The predicted octanol–water partition coefficient (Wildman–Crippen LogP) is 3.41. The van der Waals surface area contributed by atoms with Crippen LogP contribution in [0.5, 0.6) is 0 Å². The highest BCUT2D eigenvalue weighted by atomic mass is 14.9. The van der Waals surface area contributed by atoms with Gasteiger partial charge in [-0.2, -0.15) is 0 Å². The van der Waals surface area contributed by atoms with Crippen LogP contribution in [0.1, 0.15) is 42.7 Å². The lowest BCUT2D eigenvalue weighted by Crippen LogP contribution is -2.31. The van der Waals surface area contributed by atoms with Crippen molar-refractivity contribution in [1.82, 2.24) is 5.32 Å². The molecule has 0 saturated heterocycles. The van der Waals surface area contributed by atoms with E-state index in [1.54, 1.807) is 11.1 Å². The Hall–Kier alpha value is -1.08. The molecule has 1 nitrogen and oxygen atoms in total. The summed E-state index contributed by atoms with van der Waals surface area (Å²) in [6.07, 6.45) is 11.0. The lowest BCUT2D eigenvalue weighted by Gasteiger charge is -2.27. The summed E-state index contributed by atoms with van der Waals surface area (Å²) in [5.41, 5.74) is 3.17. The van der Waals surface area contributed by atoms with Gasteiger partial charge in [0.15, 0.2) is 0 Å². The number of nitrogens with one attached hydrogen (secondary N) is 1. The van der Waals surface area contributed by atoms with Gasteiger partial charge in [-0.25, -0.2) is 0 Å². The topological polar surface area (TPSA) is 12.0 Å². The van der Waals surface area contributed by atoms with Crippen molar-refractivity contribution in [2.45, 2.75) is 44.1 Å². The molecule has 0 bridgehead atoms. The lowest BCUT2D eigenvalue weighted by molar-refractivity contribution is 0.460. The van der Waals surface area contributed by atoms with E-state index in [1.807, 2.05) is 0 Å². The van der Waals surface area contributed by atoms with Gasteiger partial charge in [0.2, 0.25) is 0 Å². The maximum absolute atomic E-state index is 3.73. The summed E-state index contributed by atoms with van der Waals surface area (Å²) in [6, 6.07) is 9.69. The van der Waals surface area contributed by atoms with E-state index in [1.165, 1.54) is 32.1 Å². The van der Waals surface area contributed by atoms with Crippen LogP contribution in [0.2, 0.25) is 0 Å². The SMILES string of the molecule is C1=CCC(NCC2CCCc3ccccc32)C1. The van der Waals surface area contributed by atoms with Crippen molar-refractivity contribution in [1.29, 1.82) is 0 Å². The summed E-state index contributed by atoms with van der Waals surface area (Å²) in [7, 11) is 0. The molecule has 0 aliphatic heterocycles. The van der Waals surface area contributed by atoms with Crippen molar-refractivity contribution < 1.29 is 0 Å². The Kier molecular flexibility index (Phi) is 3.28. The van der Waals surface area contributed by atoms with Crippen LogP contribution in [0.3, 0.4) is 0 Å². The van der Waals surface area contributed by atoms with Gasteiger partial charge < -0.3 is 5.32 Å². The van der Waals surface area contributed by atoms with Crippen molar-refractivity contribution in [2.75, 3.05) is 6.54 Å². The maximum atomic E-state index is 3.73. The van der Waals surface area contributed by atoms with Crippen LogP contribution in [0, 0.1) is 0 Å². The van der Waals surface area contributed by atoms with E-state index in [-0.39, 0.29) is 0 Å². The van der Waals surface area contributed by atoms with Gasteiger partial charge in [-0.3, -0.25) is 0 Å². The molecule has 1 unspecified atom stereocenters. The average molecular weight is 227 g/mol. The molecule has 1 heteroatoms. The predicted molar refractivity (Wildman–Crippen MR) is 72.3 cm³/mol. The first-order valence-electron chi connectivity index (χ1n) is 6.89. The summed E-state index contributed by atoms with van der Waals surface area (Å²) >= 11 is 0. The third kappa shape index (κ3) is 2.44. The lowest BCUT2D eigenvalue weighted by atomic mass is 9.83. The molecule has 2 aliphatic carbocycles. The zero-order chi connectivity index (χ0) is 11.5. The molecule has 90 valence electrons. The number of hydrogen-bond acceptors (Lipinski definition) is 1. The Morgan fingerprint density at radius 1 is 1.12 bits per heavy atom. The molecule has 1 atom stereocenters. The van der Waals surface area contributed by atoms with Gasteiger partial charge in [-0.15, -0.1) is 0 Å². The van der Waals surface area contributed by atoms with Gasteiger partial charge in [0.1, 0.15) is 0 Å². The largest absolute Gasteiger partial charge is 0.313 e. The number of rotatable bonds is 3. The van der Waals surface area contributed by atoms with E-state index in [0.717, 1.165) is 12.5 Å². The quantitative estimate of drug-likeness (QED) is 0.780. The van der Waals surface area contributed by atoms with E-state index in [9.17, 15) is 0 Å². The van der Waals surface area contributed by atoms with Crippen LogP contribution >= 0.6 is 0 Å². The molecular weight excluding hydrogens is 206 g/mol. The van der Waals surface area contributed by atoms with Crippen molar-refractivity contribution >= 4 is 0 Å². The Balaban J connectivity index is 1.64. The molecular formula is C16H21N. The van der Waals surface area contributed by atoms with E-state index in [2.05, 4.69) is 41.7 Å². The van der Waals surface area contributed by atoms with Crippen LogP contribution in [-0.2, 0) is 6.42 Å². The zero-order valence-corrected chi connectivity index (χ0v) is 10.4. The molecule has 0 aromatic heterocycles. The Morgan fingerprint density at radius 3 is 2.82 bits per heavy atom. The average Bonchev–Trinajstić information content (AvgIpc) is 2.89. The van der Waals surface area contributed by atoms with Crippen molar-refractivity contribution in [3.8, 4) is 0 Å². The summed E-state index contributed by atoms with van der Waals surface area (Å²) < 4.78 is 0. The van der Waals surface area contributed by atoms with Gasteiger partial charge in [0.25, 0.3) is 0 Å². The third-order valence-electron chi connectivity index (χ3n) is 4.15. The molecule has 0 spiro atoms. The van der Waals surface area contributed by atoms with Gasteiger partial charge in [0, 0.05) is 12.6 Å². The van der Waals surface area contributed by atoms with Gasteiger partial charge in [-0.05, 0) is 49.1 Å². The fourth-order valence-corrected chi connectivity index (χ4v) is 3.16. The number of fused-ring (bicyclic) bond motifs is 1. The van der Waals surface area contributed by atoms with E-state index in [0.29, 0.717) is 6.04 Å². The molecule has 17 heavy (non-hydrogen) atoms. The summed E-state index contributed by atoms with van der Waals surface area (Å²) in [5, 5.41) is 3.73. The van der Waals surface area contributed by atoms with Gasteiger partial charge >= 0.3 is 0 Å². The molecule has 1 aromatic rings. The highest BCUT2D eigenvalue weighted by Crippen LogP contribution is 2.31. The summed E-state index contributed by atoms with van der Waals surface area (Å²) in [6.45, 7) is 1.16. The maximum Gasteiger partial charge on any atom is 0.0136 e. The first kappa shape index (κ1) is 11.0. The first-order chi connectivity index (χ1) is 8.43. The molecule has 1 aromatic carbocycles. The van der Waals surface area contributed by atoms with E-state index in [4.69, 9.17) is 0 Å². The second-order valence-corrected chi connectivity index (χ2v) is 5.34. The smallest absolute Gasteiger partial charge is 0.0136 e. The normalized spacial score (nSPS) is 23.9. The highest BCUT2D eigenvalue weighted by Gasteiger charge is 2.20. The standard InChI is InChI=1S/C16H21N/c1-4-11-16-13(6-1)7-5-8-14(16)12-17-15-9-2-3-10-15/h1-4,6,11,14-15,17H,5,7-10,12H2. The second-order valence-electron chi connectivity index (χ2n) is 5.34. The minimum Gasteiger partial charge on any atom is -0.313 e. The summed E-state index contributed by atoms with van der Waals surface area (Å²) in [4.78, 5) is 0. The van der Waals surface area contributed by atoms with Crippen molar-refractivity contribution in [3.63, 3.8) is 0 Å². The number of hydrogen-bond donors (Lipinski definition) is 1. The Bertz CT molecular complexity index is 400. The first-order valence-corrected chi connectivity index (χ1v) is 6.89. The van der Waals surface area contributed by atoms with Crippen LogP contribution in [0.15, 0.2) is 36.4 Å². The molecule has 0 radical (unpaired) electrons. The van der Waals surface area contributed by atoms with Gasteiger partial charge in [-0.1, -0.05) is 36.4 Å². The number of aryl methyl sites for hydroxylation is 1.